The van der Waals surface area contributed by atoms with E-state index in [2.05, 4.69) is 24.1 Å². The molecule has 0 heterocycles. The lowest BCUT2D eigenvalue weighted by atomic mass is 10.0. The Labute approximate surface area is 246 Å². The Balaban J connectivity index is 4.06. The van der Waals surface area contributed by atoms with Crippen LogP contribution in [0.25, 0.3) is 0 Å². The second-order valence-electron chi connectivity index (χ2n) is 11.6. The summed E-state index contributed by atoms with van der Waals surface area (Å²) in [6, 6.07) is 0. The van der Waals surface area contributed by atoms with Crippen LogP contribution in [0.1, 0.15) is 162 Å². The zero-order valence-electron chi connectivity index (χ0n) is 26.5. The number of carboxylic acids is 1. The van der Waals surface area contributed by atoms with Crippen LogP contribution in [0, 0.1) is 0 Å². The predicted octanol–water partition coefficient (Wildman–Crippen LogP) is 8.04. The van der Waals surface area contributed by atoms with Crippen molar-refractivity contribution in [1.29, 1.82) is 0 Å². The molecule has 0 saturated heterocycles. The summed E-state index contributed by atoms with van der Waals surface area (Å²) in [5.74, 6) is -0.696. The number of aliphatic carboxylic acids is 1. The monoisotopic (exact) mass is 568 g/mol. The molecular formula is C33H64N2O5. The van der Waals surface area contributed by atoms with Crippen LogP contribution in [0.15, 0.2) is 0 Å². The van der Waals surface area contributed by atoms with E-state index in [4.69, 9.17) is 9.84 Å². The third kappa shape index (κ3) is 27.9. The first-order valence-corrected chi connectivity index (χ1v) is 16.8. The van der Waals surface area contributed by atoms with E-state index in [0.29, 0.717) is 6.42 Å². The molecule has 0 aromatic carbocycles. The van der Waals surface area contributed by atoms with Gasteiger partial charge in [0.05, 0.1) is 0 Å². The van der Waals surface area contributed by atoms with Gasteiger partial charge in [0, 0.05) is 26.3 Å². The normalized spacial score (nSPS) is 12.0. The van der Waals surface area contributed by atoms with Gasteiger partial charge in [-0.1, -0.05) is 90.9 Å². The largest absolute Gasteiger partial charge is 0.481 e. The second kappa shape index (κ2) is 28.9. The van der Waals surface area contributed by atoms with Crippen molar-refractivity contribution in [2.45, 2.75) is 168 Å². The molecule has 1 atom stereocenters. The number of nitrogens with zero attached hydrogens (tertiary/aromatic N) is 1. The molecule has 1 amide bonds. The van der Waals surface area contributed by atoms with E-state index in [1.807, 2.05) is 0 Å². The lowest BCUT2D eigenvalue weighted by Gasteiger charge is -2.22. The van der Waals surface area contributed by atoms with Gasteiger partial charge in [-0.25, -0.2) is 0 Å². The Morgan fingerprint density at radius 2 is 1.18 bits per heavy atom. The Morgan fingerprint density at radius 3 is 1.75 bits per heavy atom. The van der Waals surface area contributed by atoms with Crippen molar-refractivity contribution in [2.75, 3.05) is 26.2 Å². The summed E-state index contributed by atoms with van der Waals surface area (Å²) >= 11 is 0. The molecule has 0 aromatic rings. The number of carbonyl (C=O) groups excluding carboxylic acids is 2. The van der Waals surface area contributed by atoms with Crippen LogP contribution in [-0.2, 0) is 19.1 Å². The smallest absolute Gasteiger partial charge is 0.306 e. The maximum Gasteiger partial charge on any atom is 0.306 e. The van der Waals surface area contributed by atoms with Gasteiger partial charge >= 0.3 is 11.9 Å². The fourth-order valence-electron chi connectivity index (χ4n) is 5.16. The highest BCUT2D eigenvalue weighted by Crippen LogP contribution is 2.16. The highest BCUT2D eigenvalue weighted by molar-refractivity contribution is 5.72. The number of hydrogen-bond acceptors (Lipinski definition) is 5. The fraction of sp³-hybridized carbons (Fsp3) is 0.909. The molecule has 0 saturated carbocycles. The molecule has 40 heavy (non-hydrogen) atoms. The molecule has 7 heteroatoms. The molecule has 0 aliphatic carbocycles. The number of hydrogen-bond donors (Lipinski definition) is 2. The molecule has 0 radical (unpaired) electrons. The van der Waals surface area contributed by atoms with E-state index in [0.717, 1.165) is 110 Å². The van der Waals surface area contributed by atoms with Crippen molar-refractivity contribution in [3.05, 3.63) is 0 Å². The van der Waals surface area contributed by atoms with E-state index >= 15 is 0 Å². The zero-order chi connectivity index (χ0) is 29.7. The lowest BCUT2D eigenvalue weighted by Crippen LogP contribution is -2.30. The van der Waals surface area contributed by atoms with E-state index in [1.165, 1.54) is 44.9 Å². The standard InChI is InChI=1S/C33H64N2O5/c1-4-6-7-8-11-16-23-31(22-5-2)40-33(39)25-18-13-10-15-20-28-35(29-21-26-34-30(3)36)27-19-14-9-12-17-24-32(37)38/h31H,4-29H2,1-3H3,(H,34,36)(H,37,38). The Kier molecular flexibility index (Phi) is 27.7. The van der Waals surface area contributed by atoms with Gasteiger partial charge < -0.3 is 20.1 Å². The minimum absolute atomic E-state index is 0.0160. The molecule has 0 aromatic heterocycles. The summed E-state index contributed by atoms with van der Waals surface area (Å²) < 4.78 is 5.82. The molecule has 0 aliphatic rings. The number of rotatable bonds is 30. The van der Waals surface area contributed by atoms with Crippen LogP contribution in [0.2, 0.25) is 0 Å². The fourth-order valence-corrected chi connectivity index (χ4v) is 5.16. The van der Waals surface area contributed by atoms with Crippen molar-refractivity contribution in [1.82, 2.24) is 10.2 Å². The average molecular weight is 569 g/mol. The molecule has 0 rings (SSSR count). The van der Waals surface area contributed by atoms with Crippen molar-refractivity contribution in [3.63, 3.8) is 0 Å². The molecule has 1 unspecified atom stereocenters. The number of carbonyl (C=O) groups is 3. The number of amides is 1. The second-order valence-corrected chi connectivity index (χ2v) is 11.6. The van der Waals surface area contributed by atoms with Gasteiger partial charge in [0.25, 0.3) is 0 Å². The topological polar surface area (TPSA) is 95.9 Å². The van der Waals surface area contributed by atoms with Crippen LogP contribution in [0.3, 0.4) is 0 Å². The summed E-state index contributed by atoms with van der Waals surface area (Å²) in [5.41, 5.74) is 0. The minimum Gasteiger partial charge on any atom is -0.481 e. The number of unbranched alkanes of at least 4 members (excludes halogenated alkanes) is 13. The summed E-state index contributed by atoms with van der Waals surface area (Å²) in [7, 11) is 0. The molecule has 2 N–H and O–H groups in total. The minimum atomic E-state index is -0.704. The first kappa shape index (κ1) is 38.4. The Bertz CT molecular complexity index is 614. The molecule has 0 spiro atoms. The lowest BCUT2D eigenvalue weighted by molar-refractivity contribution is -0.150. The SMILES string of the molecule is CCCCCCCCC(CCC)OC(=O)CCCCCCCN(CCCCCCCC(=O)O)CCCNC(C)=O. The van der Waals surface area contributed by atoms with Gasteiger partial charge in [-0.3, -0.25) is 14.4 Å². The third-order valence-electron chi connectivity index (χ3n) is 7.53. The predicted molar refractivity (Wildman–Crippen MR) is 166 cm³/mol. The summed E-state index contributed by atoms with van der Waals surface area (Å²) in [4.78, 5) is 36.7. The van der Waals surface area contributed by atoms with Crippen molar-refractivity contribution >= 4 is 17.8 Å². The summed E-state index contributed by atoms with van der Waals surface area (Å²) in [6.07, 6.45) is 23.1. The first-order valence-electron chi connectivity index (χ1n) is 16.8. The maximum absolute atomic E-state index is 12.4. The Hall–Kier alpha value is -1.63. The van der Waals surface area contributed by atoms with Gasteiger partial charge in [-0.15, -0.1) is 0 Å². The van der Waals surface area contributed by atoms with Crippen LogP contribution in [-0.4, -0.2) is 60.1 Å². The Morgan fingerprint density at radius 1 is 0.650 bits per heavy atom. The quantitative estimate of drug-likeness (QED) is 0.0672. The van der Waals surface area contributed by atoms with E-state index in [1.54, 1.807) is 6.92 Å². The van der Waals surface area contributed by atoms with E-state index in [-0.39, 0.29) is 24.4 Å². The summed E-state index contributed by atoms with van der Waals surface area (Å²) in [6.45, 7) is 9.79. The van der Waals surface area contributed by atoms with Gasteiger partial charge in [0.1, 0.15) is 6.10 Å². The van der Waals surface area contributed by atoms with Gasteiger partial charge in [-0.2, -0.15) is 0 Å². The molecule has 0 bridgehead atoms. The van der Waals surface area contributed by atoms with E-state index < -0.39 is 5.97 Å². The maximum atomic E-state index is 12.4. The highest BCUT2D eigenvalue weighted by atomic mass is 16.5. The first-order chi connectivity index (χ1) is 19.4. The number of esters is 1. The van der Waals surface area contributed by atoms with Crippen LogP contribution >= 0.6 is 0 Å². The third-order valence-corrected chi connectivity index (χ3v) is 7.53. The zero-order valence-corrected chi connectivity index (χ0v) is 26.5. The van der Waals surface area contributed by atoms with Crippen LogP contribution in [0.5, 0.6) is 0 Å². The molecule has 7 nitrogen and oxygen atoms in total. The molecule has 236 valence electrons. The van der Waals surface area contributed by atoms with Crippen molar-refractivity contribution < 1.29 is 24.2 Å². The van der Waals surface area contributed by atoms with Gasteiger partial charge in [0.15, 0.2) is 0 Å². The van der Waals surface area contributed by atoms with Gasteiger partial charge in [0.2, 0.25) is 5.91 Å². The van der Waals surface area contributed by atoms with Crippen molar-refractivity contribution in [2.24, 2.45) is 0 Å². The number of carboxylic acid groups (broad SMARTS) is 1. The molecular weight excluding hydrogens is 504 g/mol. The van der Waals surface area contributed by atoms with Gasteiger partial charge in [-0.05, 0) is 71.0 Å². The van der Waals surface area contributed by atoms with Crippen molar-refractivity contribution in [3.8, 4) is 0 Å². The number of nitrogens with one attached hydrogen (secondary N) is 1. The number of ether oxygens (including phenoxy) is 1. The average Bonchev–Trinajstić information content (AvgIpc) is 2.91. The van der Waals surface area contributed by atoms with Crippen LogP contribution in [0.4, 0.5) is 0 Å². The van der Waals surface area contributed by atoms with E-state index in [9.17, 15) is 14.4 Å². The highest BCUT2D eigenvalue weighted by Gasteiger charge is 2.13. The molecule has 0 aliphatic heterocycles. The van der Waals surface area contributed by atoms with Crippen LogP contribution < -0.4 is 5.32 Å². The summed E-state index contributed by atoms with van der Waals surface area (Å²) in [5, 5.41) is 11.6. The molecule has 0 fully saturated rings.